The van der Waals surface area contributed by atoms with Crippen molar-refractivity contribution in [3.8, 4) is 6.07 Å². The van der Waals surface area contributed by atoms with Gasteiger partial charge in [0.25, 0.3) is 5.56 Å². The van der Waals surface area contributed by atoms with Crippen LogP contribution >= 0.6 is 0 Å². The maximum atomic E-state index is 12.4. The number of benzene rings is 1. The minimum atomic E-state index is -0.222. The maximum Gasteiger partial charge on any atom is 0.270 e. The largest absolute Gasteiger partial charge is 0.367 e. The van der Waals surface area contributed by atoms with Crippen molar-refractivity contribution in [1.29, 1.82) is 5.26 Å². The molecule has 1 N–H and O–H groups in total. The predicted octanol–water partition coefficient (Wildman–Crippen LogP) is 0.820. The summed E-state index contributed by atoms with van der Waals surface area (Å²) in [4.78, 5) is 14.5. The van der Waals surface area contributed by atoms with Crippen molar-refractivity contribution in [1.82, 2.24) is 9.88 Å². The van der Waals surface area contributed by atoms with E-state index >= 15 is 0 Å². The summed E-state index contributed by atoms with van der Waals surface area (Å²) < 4.78 is 1.56. The highest BCUT2D eigenvalue weighted by atomic mass is 16.1. The number of rotatable bonds is 1. The van der Waals surface area contributed by atoms with Crippen molar-refractivity contribution in [2.24, 2.45) is 7.05 Å². The molecule has 0 saturated carbocycles. The second-order valence-corrected chi connectivity index (χ2v) is 4.95. The average molecular weight is 268 g/mol. The van der Waals surface area contributed by atoms with E-state index in [4.69, 9.17) is 0 Å². The lowest BCUT2D eigenvalue weighted by molar-refractivity contribution is 0.589. The lowest BCUT2D eigenvalue weighted by atomic mass is 10.1. The highest BCUT2D eigenvalue weighted by molar-refractivity contribution is 5.94. The molecule has 0 unspecified atom stereocenters. The van der Waals surface area contributed by atoms with Crippen molar-refractivity contribution in [3.63, 3.8) is 0 Å². The van der Waals surface area contributed by atoms with Gasteiger partial charge in [-0.25, -0.2) is 0 Å². The summed E-state index contributed by atoms with van der Waals surface area (Å²) in [5.74, 6) is 0. The fourth-order valence-electron chi connectivity index (χ4n) is 2.80. The molecule has 2 aromatic rings. The number of aromatic nitrogens is 1. The third-order valence-corrected chi connectivity index (χ3v) is 3.82. The monoisotopic (exact) mass is 268 g/mol. The topological polar surface area (TPSA) is 61.1 Å². The first-order chi connectivity index (χ1) is 9.74. The van der Waals surface area contributed by atoms with Crippen LogP contribution < -0.4 is 15.8 Å². The van der Waals surface area contributed by atoms with E-state index < -0.39 is 0 Å². The zero-order valence-corrected chi connectivity index (χ0v) is 11.4. The molecule has 0 amide bonds. The van der Waals surface area contributed by atoms with Gasteiger partial charge in [0.15, 0.2) is 0 Å². The smallest absolute Gasteiger partial charge is 0.270 e. The Morgan fingerprint density at radius 2 is 1.95 bits per heavy atom. The average Bonchev–Trinajstić information content (AvgIpc) is 2.51. The lowest BCUT2D eigenvalue weighted by Crippen LogP contribution is -2.44. The molecule has 1 aliphatic rings. The third-order valence-electron chi connectivity index (χ3n) is 3.82. The SMILES string of the molecule is Cn1c(=O)c(C#N)c(N2CCNCC2)c2ccccc21. The fraction of sp³-hybridized carbons (Fsp3) is 0.333. The van der Waals surface area contributed by atoms with Crippen molar-refractivity contribution in [2.75, 3.05) is 31.1 Å². The van der Waals surface area contributed by atoms with Crippen LogP contribution in [0.3, 0.4) is 0 Å². The Kier molecular flexibility index (Phi) is 3.17. The minimum Gasteiger partial charge on any atom is -0.367 e. The van der Waals surface area contributed by atoms with Crippen molar-refractivity contribution < 1.29 is 0 Å². The van der Waals surface area contributed by atoms with E-state index in [1.54, 1.807) is 11.6 Å². The summed E-state index contributed by atoms with van der Waals surface area (Å²) in [6.07, 6.45) is 0. The molecule has 1 aromatic heterocycles. The van der Waals surface area contributed by atoms with Gasteiger partial charge in [-0.2, -0.15) is 5.26 Å². The van der Waals surface area contributed by atoms with Gasteiger partial charge >= 0.3 is 0 Å². The minimum absolute atomic E-state index is 0.222. The number of anilines is 1. The molecular weight excluding hydrogens is 252 g/mol. The van der Waals surface area contributed by atoms with Crippen molar-refractivity contribution >= 4 is 16.6 Å². The van der Waals surface area contributed by atoms with E-state index in [2.05, 4.69) is 16.3 Å². The van der Waals surface area contributed by atoms with E-state index in [9.17, 15) is 10.1 Å². The van der Waals surface area contributed by atoms with Gasteiger partial charge in [0.1, 0.15) is 11.6 Å². The Morgan fingerprint density at radius 3 is 2.65 bits per heavy atom. The molecular formula is C15H16N4O. The van der Waals surface area contributed by atoms with Gasteiger partial charge in [-0.15, -0.1) is 0 Å². The molecule has 1 aliphatic heterocycles. The van der Waals surface area contributed by atoms with Crippen LogP contribution in [0.5, 0.6) is 0 Å². The normalized spacial score (nSPS) is 15.3. The summed E-state index contributed by atoms with van der Waals surface area (Å²) in [6, 6.07) is 9.85. The first-order valence-electron chi connectivity index (χ1n) is 6.71. The molecule has 0 atom stereocenters. The Labute approximate surface area is 117 Å². The van der Waals surface area contributed by atoms with Crippen molar-refractivity contribution in [2.45, 2.75) is 0 Å². The van der Waals surface area contributed by atoms with E-state index in [1.165, 1.54) is 0 Å². The van der Waals surface area contributed by atoms with Crippen LogP contribution in [0.25, 0.3) is 10.9 Å². The molecule has 0 bridgehead atoms. The number of para-hydroxylation sites is 1. The summed E-state index contributed by atoms with van der Waals surface area (Å²) in [5.41, 5.74) is 1.67. The molecule has 102 valence electrons. The maximum absolute atomic E-state index is 12.4. The number of pyridine rings is 1. The van der Waals surface area contributed by atoms with Gasteiger partial charge in [-0.1, -0.05) is 18.2 Å². The summed E-state index contributed by atoms with van der Waals surface area (Å²) in [5, 5.41) is 13.7. The zero-order chi connectivity index (χ0) is 14.1. The van der Waals surface area contributed by atoms with Crippen LogP contribution in [0.4, 0.5) is 5.69 Å². The highest BCUT2D eigenvalue weighted by Gasteiger charge is 2.21. The van der Waals surface area contributed by atoms with Crippen LogP contribution in [-0.4, -0.2) is 30.7 Å². The molecule has 5 nitrogen and oxygen atoms in total. The molecule has 0 spiro atoms. The van der Waals surface area contributed by atoms with E-state index in [0.717, 1.165) is 42.8 Å². The Balaban J connectivity index is 2.36. The molecule has 2 heterocycles. The number of nitriles is 1. The van der Waals surface area contributed by atoms with Gasteiger partial charge in [-0.05, 0) is 6.07 Å². The van der Waals surface area contributed by atoms with Crippen LogP contribution in [0.15, 0.2) is 29.1 Å². The Bertz CT molecular complexity index is 751. The number of hydrogen-bond donors (Lipinski definition) is 1. The number of fused-ring (bicyclic) bond motifs is 1. The third kappa shape index (κ3) is 1.86. The highest BCUT2D eigenvalue weighted by Crippen LogP contribution is 2.28. The molecule has 1 saturated heterocycles. The molecule has 0 aliphatic carbocycles. The van der Waals surface area contributed by atoms with Gasteiger partial charge < -0.3 is 14.8 Å². The molecule has 0 radical (unpaired) electrons. The van der Waals surface area contributed by atoms with E-state index in [0.29, 0.717) is 0 Å². The van der Waals surface area contributed by atoms with Gasteiger partial charge in [0, 0.05) is 38.6 Å². The van der Waals surface area contributed by atoms with Gasteiger partial charge in [0.2, 0.25) is 0 Å². The first kappa shape index (κ1) is 12.7. The van der Waals surface area contributed by atoms with Crippen LogP contribution in [0.2, 0.25) is 0 Å². The second-order valence-electron chi connectivity index (χ2n) is 4.95. The van der Waals surface area contributed by atoms with Crippen LogP contribution in [0.1, 0.15) is 5.56 Å². The number of hydrogen-bond acceptors (Lipinski definition) is 4. The van der Waals surface area contributed by atoms with Gasteiger partial charge in [-0.3, -0.25) is 4.79 Å². The summed E-state index contributed by atoms with van der Waals surface area (Å²) in [7, 11) is 1.72. The van der Waals surface area contributed by atoms with Gasteiger partial charge in [0.05, 0.1) is 11.2 Å². The first-order valence-corrected chi connectivity index (χ1v) is 6.71. The molecule has 1 aromatic carbocycles. The fourth-order valence-corrected chi connectivity index (χ4v) is 2.80. The number of piperazine rings is 1. The Hall–Kier alpha value is -2.32. The lowest BCUT2D eigenvalue weighted by Gasteiger charge is -2.31. The predicted molar refractivity (Wildman–Crippen MR) is 79.0 cm³/mol. The number of nitrogens with one attached hydrogen (secondary N) is 1. The Morgan fingerprint density at radius 1 is 1.25 bits per heavy atom. The number of nitrogens with zero attached hydrogens (tertiary/aromatic N) is 3. The quantitative estimate of drug-likeness (QED) is 0.832. The van der Waals surface area contributed by atoms with Crippen molar-refractivity contribution in [3.05, 3.63) is 40.2 Å². The van der Waals surface area contributed by atoms with Crippen LogP contribution in [0, 0.1) is 11.3 Å². The van der Waals surface area contributed by atoms with E-state index in [-0.39, 0.29) is 11.1 Å². The summed E-state index contributed by atoms with van der Waals surface area (Å²) >= 11 is 0. The molecule has 20 heavy (non-hydrogen) atoms. The molecule has 1 fully saturated rings. The van der Waals surface area contributed by atoms with E-state index in [1.807, 2.05) is 24.3 Å². The molecule has 3 rings (SSSR count). The number of aryl methyl sites for hydroxylation is 1. The summed E-state index contributed by atoms with van der Waals surface area (Å²) in [6.45, 7) is 3.36. The molecule has 5 heteroatoms. The second kappa shape index (κ2) is 4.99. The zero-order valence-electron chi connectivity index (χ0n) is 11.4. The van der Waals surface area contributed by atoms with Crippen LogP contribution in [-0.2, 0) is 7.05 Å². The standard InChI is InChI=1S/C15H16N4O/c1-18-13-5-3-2-4-11(13)14(12(10-16)15(18)20)19-8-6-17-7-9-19/h2-5,17H,6-9H2,1H3.